The normalized spacial score (nSPS) is 12.1. The zero-order valence-corrected chi connectivity index (χ0v) is 22.5. The van der Waals surface area contributed by atoms with E-state index in [4.69, 9.17) is 9.73 Å². The van der Waals surface area contributed by atoms with Crippen molar-refractivity contribution in [1.29, 1.82) is 0 Å². The quantitative estimate of drug-likeness (QED) is 0.111. The number of hydrogen-bond acceptors (Lipinski definition) is 3. The molecule has 0 saturated heterocycles. The van der Waals surface area contributed by atoms with Gasteiger partial charge in [-0.3, -0.25) is 4.99 Å². The fraction of sp³-hybridized carbons (Fsp3) is 0.0811. The molecule has 0 aliphatic rings. The van der Waals surface area contributed by atoms with Crippen molar-refractivity contribution in [1.82, 2.24) is 0 Å². The Kier molecular flexibility index (Phi) is 8.43. The van der Waals surface area contributed by atoms with Crippen molar-refractivity contribution < 1.29 is 9.53 Å². The predicted octanol–water partition coefficient (Wildman–Crippen LogP) is 8.45. The van der Waals surface area contributed by atoms with Gasteiger partial charge in [0.15, 0.2) is 0 Å². The van der Waals surface area contributed by atoms with Crippen LogP contribution >= 0.6 is 0 Å². The molecule has 0 aromatic heterocycles. The van der Waals surface area contributed by atoms with Gasteiger partial charge in [-0.15, -0.1) is 0 Å². The first-order valence-corrected chi connectivity index (χ1v) is 13.3. The molecule has 5 aromatic rings. The van der Waals surface area contributed by atoms with E-state index in [2.05, 4.69) is 67.2 Å². The lowest BCUT2D eigenvalue weighted by Crippen LogP contribution is -2.20. The van der Waals surface area contributed by atoms with Gasteiger partial charge in [0.05, 0.1) is 18.9 Å². The SMILES string of the molecule is C=C(C(=O)OC)[C@@H](c1ccccc1)[C@@H](N=C(c1ccccc1)c1ccccc1)c1ccc(-c2ccccc2)cc1. The van der Waals surface area contributed by atoms with Crippen LogP contribution in [0.2, 0.25) is 0 Å². The van der Waals surface area contributed by atoms with Gasteiger partial charge in [-0.25, -0.2) is 4.79 Å². The second kappa shape index (κ2) is 12.7. The van der Waals surface area contributed by atoms with Gasteiger partial charge in [0.2, 0.25) is 0 Å². The Bertz CT molecular complexity index is 1540. The van der Waals surface area contributed by atoms with Crippen molar-refractivity contribution in [3.63, 3.8) is 0 Å². The Hall–Kier alpha value is -5.02. The van der Waals surface area contributed by atoms with Gasteiger partial charge in [-0.1, -0.05) is 152 Å². The first-order chi connectivity index (χ1) is 19.7. The average Bonchev–Trinajstić information content (AvgIpc) is 3.04. The lowest BCUT2D eigenvalue weighted by atomic mass is 9.81. The van der Waals surface area contributed by atoms with Crippen LogP contribution in [0.15, 0.2) is 163 Å². The summed E-state index contributed by atoms with van der Waals surface area (Å²) in [6.07, 6.45) is 0. The minimum atomic E-state index is -0.450. The van der Waals surface area contributed by atoms with Gasteiger partial charge in [-0.05, 0) is 22.3 Å². The third kappa shape index (κ3) is 6.00. The van der Waals surface area contributed by atoms with Crippen molar-refractivity contribution in [3.8, 4) is 11.1 Å². The molecule has 0 spiro atoms. The lowest BCUT2D eigenvalue weighted by molar-refractivity contribution is -0.136. The van der Waals surface area contributed by atoms with Gasteiger partial charge >= 0.3 is 5.97 Å². The smallest absolute Gasteiger partial charge is 0.333 e. The standard InChI is InChI=1S/C37H31NO2/c1-27(37(39)40-2)34(30-17-9-4-10-18-30)36(33-25-23-29(24-26-33)28-15-7-3-8-16-28)38-35(31-19-11-5-12-20-31)32-21-13-6-14-22-32/h3-26,34,36H,1H2,2H3/t34-,36-/m0/s1. The van der Waals surface area contributed by atoms with E-state index >= 15 is 0 Å². The number of rotatable bonds is 9. The van der Waals surface area contributed by atoms with Crippen molar-refractivity contribution in [2.24, 2.45) is 4.99 Å². The summed E-state index contributed by atoms with van der Waals surface area (Å²) >= 11 is 0. The van der Waals surface area contributed by atoms with E-state index in [1.54, 1.807) is 0 Å². The number of carbonyl (C=O) groups is 1. The molecular formula is C37H31NO2. The maximum absolute atomic E-state index is 13.0. The van der Waals surface area contributed by atoms with Crippen LogP contribution < -0.4 is 0 Å². The number of methoxy groups -OCH3 is 1. The molecule has 40 heavy (non-hydrogen) atoms. The van der Waals surface area contributed by atoms with Crippen LogP contribution in [0.3, 0.4) is 0 Å². The van der Waals surface area contributed by atoms with E-state index in [-0.39, 0.29) is 0 Å². The van der Waals surface area contributed by atoms with Crippen molar-refractivity contribution in [2.45, 2.75) is 12.0 Å². The molecule has 196 valence electrons. The largest absolute Gasteiger partial charge is 0.466 e. The summed E-state index contributed by atoms with van der Waals surface area (Å²) < 4.78 is 5.16. The number of benzene rings is 5. The number of aliphatic imine (C=N–C) groups is 1. The van der Waals surface area contributed by atoms with Crippen LogP contribution in [-0.4, -0.2) is 18.8 Å². The Morgan fingerprint density at radius 1 is 0.600 bits per heavy atom. The highest BCUT2D eigenvalue weighted by Gasteiger charge is 2.32. The maximum atomic E-state index is 13.0. The van der Waals surface area contributed by atoms with E-state index < -0.39 is 17.9 Å². The zero-order chi connectivity index (χ0) is 27.7. The summed E-state index contributed by atoms with van der Waals surface area (Å²) in [7, 11) is 1.39. The van der Waals surface area contributed by atoms with Crippen LogP contribution in [0.4, 0.5) is 0 Å². The molecule has 5 rings (SSSR count). The van der Waals surface area contributed by atoms with Crippen LogP contribution in [0.25, 0.3) is 11.1 Å². The summed E-state index contributed by atoms with van der Waals surface area (Å²) in [6, 6.07) is 48.5. The molecule has 0 amide bonds. The van der Waals surface area contributed by atoms with Crippen LogP contribution in [0.5, 0.6) is 0 Å². The van der Waals surface area contributed by atoms with Gasteiger partial charge in [0.1, 0.15) is 0 Å². The Morgan fingerprint density at radius 3 is 1.55 bits per heavy atom. The van der Waals surface area contributed by atoms with E-state index in [0.29, 0.717) is 5.57 Å². The second-order valence-electron chi connectivity index (χ2n) is 9.55. The molecular weight excluding hydrogens is 490 g/mol. The third-order valence-electron chi connectivity index (χ3n) is 7.02. The molecule has 0 saturated carbocycles. The van der Waals surface area contributed by atoms with Gasteiger partial charge in [-0.2, -0.15) is 0 Å². The number of nitrogens with zero attached hydrogens (tertiary/aromatic N) is 1. The minimum absolute atomic E-state index is 0.357. The Balaban J connectivity index is 1.72. The Morgan fingerprint density at radius 2 is 1.05 bits per heavy atom. The molecule has 0 unspecified atom stereocenters. The summed E-state index contributed by atoms with van der Waals surface area (Å²) in [5.74, 6) is -0.894. The number of hydrogen-bond donors (Lipinski definition) is 0. The van der Waals surface area contributed by atoms with E-state index in [1.807, 2.05) is 84.9 Å². The average molecular weight is 522 g/mol. The third-order valence-corrected chi connectivity index (χ3v) is 7.02. The van der Waals surface area contributed by atoms with E-state index in [9.17, 15) is 4.79 Å². The van der Waals surface area contributed by atoms with Gasteiger partial charge < -0.3 is 4.74 Å². The van der Waals surface area contributed by atoms with E-state index in [0.717, 1.165) is 39.1 Å². The molecule has 0 aliphatic carbocycles. The molecule has 0 fully saturated rings. The lowest BCUT2D eigenvalue weighted by Gasteiger charge is -2.27. The monoisotopic (exact) mass is 521 g/mol. The highest BCUT2D eigenvalue weighted by molar-refractivity contribution is 6.13. The Labute approximate surface area is 236 Å². The van der Waals surface area contributed by atoms with Crippen LogP contribution in [0, 0.1) is 0 Å². The van der Waals surface area contributed by atoms with Gasteiger partial charge in [0, 0.05) is 22.6 Å². The first kappa shape index (κ1) is 26.6. The number of ether oxygens (including phenoxy) is 1. The van der Waals surface area contributed by atoms with E-state index in [1.165, 1.54) is 7.11 Å². The number of carbonyl (C=O) groups excluding carboxylic acids is 1. The molecule has 2 atom stereocenters. The highest BCUT2D eigenvalue weighted by atomic mass is 16.5. The van der Waals surface area contributed by atoms with Gasteiger partial charge in [0.25, 0.3) is 0 Å². The molecule has 0 heterocycles. The zero-order valence-electron chi connectivity index (χ0n) is 22.5. The minimum Gasteiger partial charge on any atom is -0.466 e. The summed E-state index contributed by atoms with van der Waals surface area (Å²) in [6.45, 7) is 4.22. The molecule has 0 aliphatic heterocycles. The topological polar surface area (TPSA) is 38.7 Å². The molecule has 0 radical (unpaired) electrons. The van der Waals surface area contributed by atoms with Crippen LogP contribution in [-0.2, 0) is 9.53 Å². The summed E-state index contributed by atoms with van der Waals surface area (Å²) in [4.78, 5) is 18.4. The maximum Gasteiger partial charge on any atom is 0.333 e. The van der Waals surface area contributed by atoms with Crippen LogP contribution in [0.1, 0.15) is 34.2 Å². The molecule has 3 nitrogen and oxygen atoms in total. The molecule has 5 aromatic carbocycles. The predicted molar refractivity (Wildman–Crippen MR) is 163 cm³/mol. The fourth-order valence-corrected chi connectivity index (χ4v) is 4.98. The first-order valence-electron chi connectivity index (χ1n) is 13.3. The molecule has 3 heteroatoms. The van der Waals surface area contributed by atoms with Crippen molar-refractivity contribution in [3.05, 3.63) is 180 Å². The second-order valence-corrected chi connectivity index (χ2v) is 9.55. The number of esters is 1. The van der Waals surface area contributed by atoms with Crippen molar-refractivity contribution in [2.75, 3.05) is 7.11 Å². The van der Waals surface area contributed by atoms with Crippen molar-refractivity contribution >= 4 is 11.7 Å². The summed E-state index contributed by atoms with van der Waals surface area (Å²) in [5.41, 5.74) is 7.36. The molecule has 0 bridgehead atoms. The highest BCUT2D eigenvalue weighted by Crippen LogP contribution is 2.41. The fourth-order valence-electron chi connectivity index (χ4n) is 4.98. The summed E-state index contributed by atoms with van der Waals surface area (Å²) in [5, 5.41) is 0. The molecule has 0 N–H and O–H groups in total.